The molecule has 1 N–H and O–H groups in total. The van der Waals surface area contributed by atoms with Gasteiger partial charge in [-0.25, -0.2) is 0 Å². The van der Waals surface area contributed by atoms with E-state index < -0.39 is 6.10 Å². The summed E-state index contributed by atoms with van der Waals surface area (Å²) < 4.78 is 5.53. The maximum absolute atomic E-state index is 12.0. The van der Waals surface area contributed by atoms with Crippen LogP contribution in [0.4, 0.5) is 5.69 Å². The quantitative estimate of drug-likeness (QED) is 0.909. The molecule has 0 spiro atoms. The molecule has 2 rings (SSSR count). The van der Waals surface area contributed by atoms with E-state index in [1.165, 1.54) is 0 Å². The van der Waals surface area contributed by atoms with E-state index in [1.807, 2.05) is 18.2 Å². The summed E-state index contributed by atoms with van der Waals surface area (Å²) in [6.07, 6.45) is -0.646. The molecule has 0 aliphatic heterocycles. The number of amides is 1. The lowest BCUT2D eigenvalue weighted by molar-refractivity contribution is -0.122. The fraction of sp³-hybridized carbons (Fsp3) is 0.133. The molecule has 1 unspecified atom stereocenters. The summed E-state index contributed by atoms with van der Waals surface area (Å²) in [5.74, 6) is 0.338. The number of ether oxygens (including phenoxy) is 1. The van der Waals surface area contributed by atoms with E-state index in [4.69, 9.17) is 27.9 Å². The number of para-hydroxylation sites is 1. The van der Waals surface area contributed by atoms with Crippen LogP contribution in [0.5, 0.6) is 5.75 Å². The molecule has 0 aromatic heterocycles. The van der Waals surface area contributed by atoms with Crippen molar-refractivity contribution in [2.45, 2.75) is 13.0 Å². The first-order chi connectivity index (χ1) is 9.58. The van der Waals surface area contributed by atoms with Gasteiger partial charge in [0.25, 0.3) is 5.91 Å². The van der Waals surface area contributed by atoms with E-state index in [0.717, 1.165) is 0 Å². The van der Waals surface area contributed by atoms with Crippen LogP contribution in [0.2, 0.25) is 10.0 Å². The van der Waals surface area contributed by atoms with Gasteiger partial charge in [0.15, 0.2) is 6.10 Å². The van der Waals surface area contributed by atoms with Crippen molar-refractivity contribution in [1.82, 2.24) is 0 Å². The predicted molar refractivity (Wildman–Crippen MR) is 81.6 cm³/mol. The fourth-order valence-electron chi connectivity index (χ4n) is 1.59. The minimum atomic E-state index is -0.646. The molecule has 1 atom stereocenters. The highest BCUT2D eigenvalue weighted by Crippen LogP contribution is 2.29. The SMILES string of the molecule is CC(Oc1ccccc1)C(=O)Nc1cccc(Cl)c1Cl. The molecule has 0 aliphatic carbocycles. The van der Waals surface area contributed by atoms with Crippen molar-refractivity contribution in [3.05, 3.63) is 58.6 Å². The Hall–Kier alpha value is -1.71. The Morgan fingerprint density at radius 2 is 1.80 bits per heavy atom. The number of rotatable bonds is 4. The lowest BCUT2D eigenvalue weighted by Gasteiger charge is -2.15. The van der Waals surface area contributed by atoms with Crippen LogP contribution in [0, 0.1) is 0 Å². The Morgan fingerprint density at radius 1 is 1.10 bits per heavy atom. The summed E-state index contributed by atoms with van der Waals surface area (Å²) in [5.41, 5.74) is 0.465. The third-order valence-corrected chi connectivity index (χ3v) is 3.45. The Labute approximate surface area is 127 Å². The van der Waals surface area contributed by atoms with Crippen molar-refractivity contribution < 1.29 is 9.53 Å². The molecule has 20 heavy (non-hydrogen) atoms. The van der Waals surface area contributed by atoms with Gasteiger partial charge >= 0.3 is 0 Å². The number of carbonyl (C=O) groups is 1. The molecule has 0 saturated carbocycles. The van der Waals surface area contributed by atoms with Crippen molar-refractivity contribution in [2.24, 2.45) is 0 Å². The first kappa shape index (κ1) is 14.7. The van der Waals surface area contributed by atoms with E-state index in [9.17, 15) is 4.79 Å². The van der Waals surface area contributed by atoms with Crippen LogP contribution in [0.1, 0.15) is 6.92 Å². The zero-order valence-electron chi connectivity index (χ0n) is 10.8. The van der Waals surface area contributed by atoms with Gasteiger partial charge in [0.05, 0.1) is 15.7 Å². The zero-order valence-corrected chi connectivity index (χ0v) is 12.3. The first-order valence-corrected chi connectivity index (χ1v) is 6.80. The Bertz CT molecular complexity index is 602. The topological polar surface area (TPSA) is 38.3 Å². The van der Waals surface area contributed by atoms with Gasteiger partial charge in [-0.1, -0.05) is 47.5 Å². The second-order valence-electron chi connectivity index (χ2n) is 4.16. The summed E-state index contributed by atoms with van der Waals surface area (Å²) in [6, 6.07) is 14.2. The van der Waals surface area contributed by atoms with Crippen molar-refractivity contribution in [1.29, 1.82) is 0 Å². The lowest BCUT2D eigenvalue weighted by Crippen LogP contribution is -2.30. The highest BCUT2D eigenvalue weighted by Gasteiger charge is 2.16. The Balaban J connectivity index is 2.03. The highest BCUT2D eigenvalue weighted by atomic mass is 35.5. The van der Waals surface area contributed by atoms with Gasteiger partial charge in [0, 0.05) is 0 Å². The van der Waals surface area contributed by atoms with E-state index in [2.05, 4.69) is 5.32 Å². The van der Waals surface area contributed by atoms with E-state index in [0.29, 0.717) is 21.5 Å². The first-order valence-electron chi connectivity index (χ1n) is 6.04. The van der Waals surface area contributed by atoms with Crippen molar-refractivity contribution in [2.75, 3.05) is 5.32 Å². The van der Waals surface area contributed by atoms with E-state index >= 15 is 0 Å². The largest absolute Gasteiger partial charge is 0.481 e. The molecule has 2 aromatic rings. The number of hydrogen-bond donors (Lipinski definition) is 1. The van der Waals surface area contributed by atoms with Gasteiger partial charge < -0.3 is 10.1 Å². The normalized spacial score (nSPS) is 11.8. The second-order valence-corrected chi connectivity index (χ2v) is 4.95. The van der Waals surface area contributed by atoms with Gasteiger partial charge in [-0.3, -0.25) is 4.79 Å². The molecule has 104 valence electrons. The molecule has 0 saturated heterocycles. The maximum Gasteiger partial charge on any atom is 0.265 e. The van der Waals surface area contributed by atoms with Crippen LogP contribution in [0.15, 0.2) is 48.5 Å². The van der Waals surface area contributed by atoms with Gasteiger partial charge in [0.1, 0.15) is 5.75 Å². The van der Waals surface area contributed by atoms with E-state index in [-0.39, 0.29) is 5.91 Å². The zero-order chi connectivity index (χ0) is 14.5. The van der Waals surface area contributed by atoms with Crippen molar-refractivity contribution in [3.63, 3.8) is 0 Å². The number of hydrogen-bond acceptors (Lipinski definition) is 2. The van der Waals surface area contributed by atoms with Gasteiger partial charge in [-0.15, -0.1) is 0 Å². The summed E-state index contributed by atoms with van der Waals surface area (Å²) in [7, 11) is 0. The molecule has 0 bridgehead atoms. The average Bonchev–Trinajstić information content (AvgIpc) is 2.45. The van der Waals surface area contributed by atoms with Crippen LogP contribution in [0.3, 0.4) is 0 Å². The maximum atomic E-state index is 12.0. The highest BCUT2D eigenvalue weighted by molar-refractivity contribution is 6.44. The summed E-state index contributed by atoms with van der Waals surface area (Å²) in [5, 5.41) is 3.39. The fourth-order valence-corrected chi connectivity index (χ4v) is 1.94. The van der Waals surface area contributed by atoms with Crippen LogP contribution in [-0.4, -0.2) is 12.0 Å². The minimum absolute atomic E-state index is 0.294. The third-order valence-electron chi connectivity index (χ3n) is 2.63. The molecule has 1 amide bonds. The number of nitrogens with one attached hydrogen (secondary N) is 1. The Kier molecular flexibility index (Phi) is 4.88. The minimum Gasteiger partial charge on any atom is -0.481 e. The smallest absolute Gasteiger partial charge is 0.265 e. The van der Waals surface area contributed by atoms with Crippen LogP contribution >= 0.6 is 23.2 Å². The van der Waals surface area contributed by atoms with Crippen LogP contribution in [0.25, 0.3) is 0 Å². The van der Waals surface area contributed by atoms with Gasteiger partial charge in [-0.2, -0.15) is 0 Å². The molecule has 0 fully saturated rings. The lowest BCUT2D eigenvalue weighted by atomic mass is 10.3. The predicted octanol–water partition coefficient (Wildman–Crippen LogP) is 4.40. The number of carbonyl (C=O) groups excluding carboxylic acids is 1. The monoisotopic (exact) mass is 309 g/mol. The third kappa shape index (κ3) is 3.65. The number of halogens is 2. The summed E-state index contributed by atoms with van der Waals surface area (Å²) in [6.45, 7) is 1.67. The standard InChI is InChI=1S/C15H13Cl2NO2/c1-10(20-11-6-3-2-4-7-11)15(19)18-13-9-5-8-12(16)14(13)17/h2-10H,1H3,(H,18,19). The van der Waals surface area contributed by atoms with E-state index in [1.54, 1.807) is 37.3 Å². The molecular weight excluding hydrogens is 297 g/mol. The second kappa shape index (κ2) is 6.64. The molecule has 0 heterocycles. The van der Waals surface area contributed by atoms with Crippen LogP contribution < -0.4 is 10.1 Å². The molecule has 0 aliphatic rings. The van der Waals surface area contributed by atoms with Crippen molar-refractivity contribution >= 4 is 34.8 Å². The van der Waals surface area contributed by atoms with Gasteiger partial charge in [-0.05, 0) is 31.2 Å². The van der Waals surface area contributed by atoms with Gasteiger partial charge in [0.2, 0.25) is 0 Å². The molecule has 3 nitrogen and oxygen atoms in total. The molecule has 0 radical (unpaired) electrons. The van der Waals surface area contributed by atoms with Crippen LogP contribution in [-0.2, 0) is 4.79 Å². The molecule has 2 aromatic carbocycles. The molecule has 5 heteroatoms. The Morgan fingerprint density at radius 3 is 2.50 bits per heavy atom. The average molecular weight is 310 g/mol. The summed E-state index contributed by atoms with van der Waals surface area (Å²) >= 11 is 11.9. The summed E-state index contributed by atoms with van der Waals surface area (Å²) in [4.78, 5) is 12.0. The molecular formula is C15H13Cl2NO2. The number of benzene rings is 2. The van der Waals surface area contributed by atoms with Crippen molar-refractivity contribution in [3.8, 4) is 5.75 Å². The number of anilines is 1.